The van der Waals surface area contributed by atoms with Crippen molar-refractivity contribution in [3.05, 3.63) is 0 Å². The molecule has 56 valence electrons. The van der Waals surface area contributed by atoms with Crippen molar-refractivity contribution in [2.75, 3.05) is 27.2 Å². The molecule has 9 heavy (non-hydrogen) atoms. The fourth-order valence-electron chi connectivity index (χ4n) is 0.625. The second-order valence-electron chi connectivity index (χ2n) is 2.05. The van der Waals surface area contributed by atoms with Crippen molar-refractivity contribution in [2.24, 2.45) is 0 Å². The molecular weight excluding hydrogens is 119 g/mol. The zero-order valence-electron chi connectivity index (χ0n) is 6.08. The molecule has 0 spiro atoms. The number of halogens is 1. The summed E-state index contributed by atoms with van der Waals surface area (Å²) in [6, 6.07) is 0. The zero-order chi connectivity index (χ0) is 7.11. The van der Waals surface area contributed by atoms with Crippen LogP contribution in [-0.4, -0.2) is 33.4 Å². The van der Waals surface area contributed by atoms with Gasteiger partial charge in [0.15, 0.2) is 0 Å². The van der Waals surface area contributed by atoms with Crippen molar-refractivity contribution in [3.8, 4) is 0 Å². The molecule has 0 aromatic rings. The minimum atomic E-state index is -0.706. The molecule has 0 heterocycles. The number of alkyl halides is 1. The van der Waals surface area contributed by atoms with E-state index in [2.05, 4.69) is 10.6 Å². The van der Waals surface area contributed by atoms with Crippen molar-refractivity contribution in [1.29, 1.82) is 0 Å². The Morgan fingerprint density at radius 3 is 2.44 bits per heavy atom. The average Bonchev–Trinajstić information content (AvgIpc) is 1.85. The van der Waals surface area contributed by atoms with Crippen molar-refractivity contribution < 1.29 is 4.39 Å². The van der Waals surface area contributed by atoms with E-state index in [0.29, 0.717) is 13.0 Å². The van der Waals surface area contributed by atoms with E-state index in [4.69, 9.17) is 0 Å². The van der Waals surface area contributed by atoms with Crippen LogP contribution in [0.1, 0.15) is 6.42 Å². The largest absolute Gasteiger partial charge is 0.320 e. The minimum Gasteiger partial charge on any atom is -0.320 e. The van der Waals surface area contributed by atoms with Gasteiger partial charge in [0.25, 0.3) is 0 Å². The van der Waals surface area contributed by atoms with Crippen molar-refractivity contribution in [3.63, 3.8) is 0 Å². The highest BCUT2D eigenvalue weighted by Crippen LogP contribution is 1.92. The molecule has 1 atom stereocenters. The molecule has 0 fully saturated rings. The second-order valence-corrected chi connectivity index (χ2v) is 2.05. The summed E-state index contributed by atoms with van der Waals surface area (Å²) in [6.07, 6.45) is -0.111. The summed E-state index contributed by atoms with van der Waals surface area (Å²) in [7, 11) is 3.58. The molecule has 0 unspecified atom stereocenters. The Labute approximate surface area is 55.8 Å². The van der Waals surface area contributed by atoms with Gasteiger partial charge in [0.05, 0.1) is 0 Å². The van der Waals surface area contributed by atoms with E-state index in [1.54, 1.807) is 7.05 Å². The van der Waals surface area contributed by atoms with Gasteiger partial charge in [-0.25, -0.2) is 4.39 Å². The summed E-state index contributed by atoms with van der Waals surface area (Å²) in [5.41, 5.74) is 0. The van der Waals surface area contributed by atoms with Crippen molar-refractivity contribution >= 4 is 0 Å². The van der Waals surface area contributed by atoms with Gasteiger partial charge in [-0.1, -0.05) is 0 Å². The van der Waals surface area contributed by atoms with Gasteiger partial charge in [0, 0.05) is 6.54 Å². The first-order valence-corrected chi connectivity index (χ1v) is 3.24. The van der Waals surface area contributed by atoms with Crippen LogP contribution >= 0.6 is 0 Å². The lowest BCUT2D eigenvalue weighted by atomic mass is 10.3. The number of hydrogen-bond acceptors (Lipinski definition) is 2. The lowest BCUT2D eigenvalue weighted by Gasteiger charge is -2.05. The molecule has 0 aliphatic carbocycles. The van der Waals surface area contributed by atoms with E-state index in [9.17, 15) is 4.39 Å². The molecule has 0 radical (unpaired) electrons. The molecule has 0 aromatic carbocycles. The fraction of sp³-hybridized carbons (Fsp3) is 1.00. The Bertz CT molecular complexity index is 59.0. The molecule has 2 N–H and O–H groups in total. The van der Waals surface area contributed by atoms with Gasteiger partial charge in [-0.05, 0) is 27.1 Å². The molecule has 0 aromatic heterocycles. The summed E-state index contributed by atoms with van der Waals surface area (Å²) in [4.78, 5) is 0. The highest BCUT2D eigenvalue weighted by atomic mass is 19.1. The number of rotatable bonds is 5. The molecule has 0 rings (SSSR count). The van der Waals surface area contributed by atoms with Crippen LogP contribution in [0.15, 0.2) is 0 Å². The first-order chi connectivity index (χ1) is 4.31. The van der Waals surface area contributed by atoms with E-state index in [1.807, 2.05) is 7.05 Å². The van der Waals surface area contributed by atoms with Crippen LogP contribution in [0.5, 0.6) is 0 Å². The molecule has 0 saturated carbocycles. The molecule has 2 nitrogen and oxygen atoms in total. The first-order valence-electron chi connectivity index (χ1n) is 3.24. The first kappa shape index (κ1) is 8.85. The molecule has 0 aliphatic heterocycles. The quantitative estimate of drug-likeness (QED) is 0.559. The highest BCUT2D eigenvalue weighted by Gasteiger charge is 2.01. The zero-order valence-corrected chi connectivity index (χ0v) is 6.08. The van der Waals surface area contributed by atoms with Crippen LogP contribution < -0.4 is 10.6 Å². The molecule has 3 heteroatoms. The predicted octanol–water partition coefficient (Wildman–Crippen LogP) is 0.153. The molecular formula is C6H15FN2. The third kappa shape index (κ3) is 5.73. The summed E-state index contributed by atoms with van der Waals surface area (Å²) in [5, 5.41) is 5.66. The standard InChI is InChI=1S/C6H15FN2/c1-8-4-3-6(7)5-9-2/h6,8-9H,3-5H2,1-2H3/t6-/m1/s1. The van der Waals surface area contributed by atoms with Gasteiger partial charge < -0.3 is 10.6 Å². The van der Waals surface area contributed by atoms with Crippen LogP contribution in [0.25, 0.3) is 0 Å². The summed E-state index contributed by atoms with van der Waals surface area (Å²) in [5.74, 6) is 0. The van der Waals surface area contributed by atoms with Gasteiger partial charge in [-0.3, -0.25) is 0 Å². The lowest BCUT2D eigenvalue weighted by Crippen LogP contribution is -2.23. The van der Waals surface area contributed by atoms with Crippen LogP contribution in [0.4, 0.5) is 4.39 Å². The molecule has 0 aliphatic rings. The van der Waals surface area contributed by atoms with Crippen LogP contribution in [-0.2, 0) is 0 Å². The normalized spacial score (nSPS) is 13.7. The average molecular weight is 134 g/mol. The predicted molar refractivity (Wildman–Crippen MR) is 37.4 cm³/mol. The number of hydrogen-bond donors (Lipinski definition) is 2. The van der Waals surface area contributed by atoms with Gasteiger partial charge in [0.1, 0.15) is 6.17 Å². The smallest absolute Gasteiger partial charge is 0.114 e. The van der Waals surface area contributed by atoms with Gasteiger partial charge in [-0.2, -0.15) is 0 Å². The third-order valence-corrected chi connectivity index (χ3v) is 1.13. The van der Waals surface area contributed by atoms with E-state index >= 15 is 0 Å². The van der Waals surface area contributed by atoms with Gasteiger partial charge in [0.2, 0.25) is 0 Å². The summed E-state index contributed by atoms with van der Waals surface area (Å²) < 4.78 is 12.5. The molecule has 0 saturated heterocycles. The maximum atomic E-state index is 12.5. The Morgan fingerprint density at radius 2 is 2.00 bits per heavy atom. The van der Waals surface area contributed by atoms with Crippen molar-refractivity contribution in [2.45, 2.75) is 12.6 Å². The molecule has 0 bridgehead atoms. The van der Waals surface area contributed by atoms with Crippen LogP contribution in [0.2, 0.25) is 0 Å². The molecule has 0 amide bonds. The summed E-state index contributed by atoms with van der Waals surface area (Å²) >= 11 is 0. The minimum absolute atomic E-state index is 0.460. The SMILES string of the molecule is CNCC[C@@H](F)CNC. The fourth-order valence-corrected chi connectivity index (χ4v) is 0.625. The van der Waals surface area contributed by atoms with E-state index in [1.165, 1.54) is 0 Å². The van der Waals surface area contributed by atoms with E-state index in [0.717, 1.165) is 6.54 Å². The topological polar surface area (TPSA) is 24.1 Å². The van der Waals surface area contributed by atoms with E-state index in [-0.39, 0.29) is 0 Å². The maximum Gasteiger partial charge on any atom is 0.114 e. The van der Waals surface area contributed by atoms with Gasteiger partial charge >= 0.3 is 0 Å². The van der Waals surface area contributed by atoms with Crippen LogP contribution in [0.3, 0.4) is 0 Å². The third-order valence-electron chi connectivity index (χ3n) is 1.13. The Balaban J connectivity index is 2.95. The van der Waals surface area contributed by atoms with E-state index < -0.39 is 6.17 Å². The maximum absolute atomic E-state index is 12.5. The van der Waals surface area contributed by atoms with Crippen molar-refractivity contribution in [1.82, 2.24) is 10.6 Å². The second kappa shape index (κ2) is 5.98. The number of nitrogens with one attached hydrogen (secondary N) is 2. The highest BCUT2D eigenvalue weighted by molar-refractivity contribution is 4.58. The monoisotopic (exact) mass is 134 g/mol. The van der Waals surface area contributed by atoms with Gasteiger partial charge in [-0.15, -0.1) is 0 Å². The summed E-state index contributed by atoms with van der Waals surface area (Å²) in [6.45, 7) is 1.21. The van der Waals surface area contributed by atoms with Crippen LogP contribution in [0, 0.1) is 0 Å². The lowest BCUT2D eigenvalue weighted by molar-refractivity contribution is 0.306. The Morgan fingerprint density at radius 1 is 1.33 bits per heavy atom. The Kier molecular flexibility index (Phi) is 5.88. The Hall–Kier alpha value is -0.150.